The van der Waals surface area contributed by atoms with E-state index in [1.807, 2.05) is 0 Å². The second-order valence-electron chi connectivity index (χ2n) is 2.25. The molecule has 0 aliphatic heterocycles. The van der Waals surface area contributed by atoms with Crippen molar-refractivity contribution in [3.8, 4) is 0 Å². The zero-order valence-electron chi connectivity index (χ0n) is 6.18. The Balaban J connectivity index is 4.06. The van der Waals surface area contributed by atoms with Crippen LogP contribution in [0.3, 0.4) is 0 Å². The Bertz CT molecular complexity index is 481. The largest absolute Gasteiger partial charge is 0.328 e. The van der Waals surface area contributed by atoms with E-state index in [1.54, 1.807) is 0 Å². The molecule has 0 spiro atoms. The molecule has 1 heterocycles. The van der Waals surface area contributed by atoms with Crippen LogP contribution in [0.5, 0.6) is 0 Å². The topological polar surface area (TPSA) is 54.9 Å². The number of rotatable bonds is 0. The van der Waals surface area contributed by atoms with Crippen molar-refractivity contribution < 1.29 is 0 Å². The second-order valence-corrected chi connectivity index (χ2v) is 2.25. The molecule has 1 aromatic rings. The third-order valence-electron chi connectivity index (χ3n) is 1.49. The van der Waals surface area contributed by atoms with E-state index in [4.69, 9.17) is 0 Å². The number of nitrogens with zero attached hydrogens (tertiary/aromatic N) is 1. The fourth-order valence-electron chi connectivity index (χ4n) is 0.712. The number of aromatic amines is 1. The Morgan fingerprint density at radius 3 is 2.45 bits per heavy atom. The van der Waals surface area contributed by atoms with Gasteiger partial charge in [-0.05, 0) is 0 Å². The van der Waals surface area contributed by atoms with Gasteiger partial charge in [0.05, 0.1) is 5.22 Å². The van der Waals surface area contributed by atoms with Gasteiger partial charge in [-0.25, -0.2) is 4.79 Å². The van der Waals surface area contributed by atoms with Crippen molar-refractivity contribution in [1.82, 2.24) is 9.55 Å². The summed E-state index contributed by atoms with van der Waals surface area (Å²) >= 11 is 0. The van der Waals surface area contributed by atoms with Gasteiger partial charge < -0.3 is 4.98 Å². The minimum atomic E-state index is -0.465. The van der Waals surface area contributed by atoms with Crippen molar-refractivity contribution in [3.63, 3.8) is 0 Å². The van der Waals surface area contributed by atoms with Gasteiger partial charge in [0.25, 0.3) is 5.56 Å². The van der Waals surface area contributed by atoms with Gasteiger partial charge in [-0.1, -0.05) is 13.2 Å². The first-order valence-corrected chi connectivity index (χ1v) is 3.01. The molecule has 0 saturated heterocycles. The number of nitrogens with one attached hydrogen (secondary N) is 1. The Morgan fingerprint density at radius 1 is 1.36 bits per heavy atom. The van der Waals surface area contributed by atoms with Crippen molar-refractivity contribution in [1.29, 1.82) is 0 Å². The highest BCUT2D eigenvalue weighted by Crippen LogP contribution is 1.43. The molecule has 1 aromatic heterocycles. The van der Waals surface area contributed by atoms with E-state index in [0.717, 1.165) is 4.57 Å². The summed E-state index contributed by atoms with van der Waals surface area (Å²) in [6.45, 7) is 6.91. The fourth-order valence-corrected chi connectivity index (χ4v) is 0.712. The van der Waals surface area contributed by atoms with Gasteiger partial charge in [0, 0.05) is 12.4 Å². The Kier molecular flexibility index (Phi) is 1.53. The first-order chi connectivity index (χ1) is 5.04. The molecule has 4 nitrogen and oxygen atoms in total. The molecule has 0 bridgehead atoms. The Hall–Kier alpha value is -1.58. The van der Waals surface area contributed by atoms with E-state index in [1.165, 1.54) is 7.05 Å². The minimum absolute atomic E-state index is 0.229. The van der Waals surface area contributed by atoms with Crippen LogP contribution in [-0.2, 0) is 7.05 Å². The lowest BCUT2D eigenvalue weighted by atomic mass is 10.4. The lowest BCUT2D eigenvalue weighted by molar-refractivity contribution is 0.758. The number of aromatic nitrogens is 2. The maximum Gasteiger partial charge on any atom is 0.328 e. The molecule has 0 atom stereocenters. The van der Waals surface area contributed by atoms with Crippen LogP contribution in [0, 0.1) is 0 Å². The van der Waals surface area contributed by atoms with Crippen LogP contribution in [0.1, 0.15) is 0 Å². The molecule has 11 heavy (non-hydrogen) atoms. The summed E-state index contributed by atoms with van der Waals surface area (Å²) in [6, 6.07) is 0. The fraction of sp³-hybridized carbons (Fsp3) is 0.143. The highest BCUT2D eigenvalue weighted by atomic mass is 16.2. The van der Waals surface area contributed by atoms with Gasteiger partial charge in [-0.15, -0.1) is 0 Å². The number of hydrogen-bond acceptors (Lipinski definition) is 2. The summed E-state index contributed by atoms with van der Waals surface area (Å²) in [7, 11) is 1.38. The predicted molar refractivity (Wildman–Crippen MR) is 42.6 cm³/mol. The first-order valence-electron chi connectivity index (χ1n) is 3.01. The molecule has 4 heteroatoms. The average Bonchev–Trinajstić information content (AvgIpc) is 1.97. The van der Waals surface area contributed by atoms with Crippen LogP contribution < -0.4 is 21.8 Å². The predicted octanol–water partition coefficient (Wildman–Crippen LogP) is -2.11. The van der Waals surface area contributed by atoms with Crippen LogP contribution in [0.25, 0.3) is 13.2 Å². The third kappa shape index (κ3) is 1.02. The molecular weight excluding hydrogens is 144 g/mol. The van der Waals surface area contributed by atoms with Crippen LogP contribution in [-0.4, -0.2) is 9.55 Å². The highest BCUT2D eigenvalue weighted by Gasteiger charge is 1.94. The molecular formula is C7H8N2O2. The normalized spacial score (nSPS) is 9.91. The minimum Gasteiger partial charge on any atom is -0.307 e. The average molecular weight is 152 g/mol. The molecule has 0 radical (unpaired) electrons. The van der Waals surface area contributed by atoms with E-state index < -0.39 is 11.2 Å². The molecule has 0 aliphatic carbocycles. The van der Waals surface area contributed by atoms with Crippen LogP contribution in [0.2, 0.25) is 0 Å². The Labute approximate surface area is 62.1 Å². The van der Waals surface area contributed by atoms with E-state index in [2.05, 4.69) is 18.1 Å². The van der Waals surface area contributed by atoms with Crippen molar-refractivity contribution >= 4 is 13.2 Å². The molecule has 0 amide bonds. The number of H-pyrrole nitrogens is 1. The van der Waals surface area contributed by atoms with Gasteiger partial charge in [-0.2, -0.15) is 0 Å². The zero-order valence-corrected chi connectivity index (χ0v) is 6.18. The second kappa shape index (κ2) is 2.23. The summed E-state index contributed by atoms with van der Waals surface area (Å²) in [4.78, 5) is 24.3. The summed E-state index contributed by atoms with van der Waals surface area (Å²) < 4.78 is 0.955. The van der Waals surface area contributed by atoms with Crippen molar-refractivity contribution in [2.75, 3.05) is 0 Å². The molecule has 58 valence electrons. The van der Waals surface area contributed by atoms with Crippen LogP contribution >= 0.6 is 0 Å². The smallest absolute Gasteiger partial charge is 0.307 e. The third-order valence-corrected chi connectivity index (χ3v) is 1.49. The first kappa shape index (κ1) is 7.53. The van der Waals surface area contributed by atoms with Gasteiger partial charge in [0.1, 0.15) is 0 Å². The summed E-state index contributed by atoms with van der Waals surface area (Å²) in [5, 5.41) is 0.505. The SMILES string of the molecule is C=c1[nH]c(=O)n(C)c(=O)c1=C. The van der Waals surface area contributed by atoms with Gasteiger partial charge >= 0.3 is 5.69 Å². The maximum absolute atomic E-state index is 11.1. The quantitative estimate of drug-likeness (QED) is 0.462. The van der Waals surface area contributed by atoms with Crippen LogP contribution in [0.4, 0.5) is 0 Å². The number of hydrogen-bond donors (Lipinski definition) is 1. The van der Waals surface area contributed by atoms with E-state index in [0.29, 0.717) is 0 Å². The zero-order chi connectivity index (χ0) is 8.59. The van der Waals surface area contributed by atoms with Crippen LogP contribution in [0.15, 0.2) is 9.59 Å². The molecule has 0 fully saturated rings. The van der Waals surface area contributed by atoms with Crippen molar-refractivity contribution in [2.24, 2.45) is 7.05 Å². The lowest BCUT2D eigenvalue weighted by Crippen LogP contribution is -2.51. The van der Waals surface area contributed by atoms with E-state index >= 15 is 0 Å². The van der Waals surface area contributed by atoms with E-state index in [9.17, 15) is 9.59 Å². The molecule has 0 saturated carbocycles. The lowest BCUT2D eigenvalue weighted by Gasteiger charge is -1.92. The van der Waals surface area contributed by atoms with E-state index in [-0.39, 0.29) is 10.6 Å². The van der Waals surface area contributed by atoms with Crippen molar-refractivity contribution in [3.05, 3.63) is 31.4 Å². The monoisotopic (exact) mass is 152 g/mol. The standard InChI is InChI=1S/C7H8N2O2/c1-4-5(2)8-7(11)9(3)6(4)10/h1-2H2,3H3,(H,8,11). The summed E-state index contributed by atoms with van der Waals surface area (Å²) in [5.41, 5.74) is -0.869. The summed E-state index contributed by atoms with van der Waals surface area (Å²) in [5.74, 6) is 0. The maximum atomic E-state index is 11.1. The molecule has 0 aliphatic rings. The highest BCUT2D eigenvalue weighted by molar-refractivity contribution is 5.06. The summed E-state index contributed by atoms with van der Waals surface area (Å²) in [6.07, 6.45) is 0. The Morgan fingerprint density at radius 2 is 1.91 bits per heavy atom. The van der Waals surface area contributed by atoms with Gasteiger partial charge in [0.2, 0.25) is 0 Å². The molecule has 0 aromatic carbocycles. The molecule has 1 N–H and O–H groups in total. The van der Waals surface area contributed by atoms with Gasteiger partial charge in [-0.3, -0.25) is 9.36 Å². The molecule has 0 unspecified atom stereocenters. The molecule has 1 rings (SSSR count). The van der Waals surface area contributed by atoms with Crippen molar-refractivity contribution in [2.45, 2.75) is 0 Å². The van der Waals surface area contributed by atoms with Gasteiger partial charge in [0.15, 0.2) is 0 Å².